The van der Waals surface area contributed by atoms with Gasteiger partial charge in [0.25, 0.3) is 5.91 Å². The van der Waals surface area contributed by atoms with E-state index in [2.05, 4.69) is 4.98 Å². The molecule has 0 fully saturated rings. The Kier molecular flexibility index (Phi) is 4.60. The maximum atomic E-state index is 13.3. The first-order valence-corrected chi connectivity index (χ1v) is 9.02. The molecular formula is C21H21N3O4. The molecule has 7 heteroatoms. The number of likely N-dealkylation sites (N-methyl/N-ethyl adjacent to an activating group) is 1. The van der Waals surface area contributed by atoms with Crippen molar-refractivity contribution < 1.29 is 13.9 Å². The van der Waals surface area contributed by atoms with Crippen LogP contribution in [0.2, 0.25) is 0 Å². The van der Waals surface area contributed by atoms with Gasteiger partial charge in [-0.1, -0.05) is 6.07 Å². The number of pyridine rings is 1. The molecule has 7 nitrogen and oxygen atoms in total. The number of carbonyl (C=O) groups excluding carboxylic acids is 1. The van der Waals surface area contributed by atoms with E-state index < -0.39 is 6.04 Å². The molecule has 0 saturated carbocycles. The standard InChI is InChI=1S/C21H21N3O4/c1-23(2)10-11-24-18(15-6-4-5-9-22-15)17-19(25)14-8-7-13(27-3)12-16(14)28-20(17)21(24)26/h4-9,12,18H,10-11H2,1-3H3/t18-/m0/s1. The van der Waals surface area contributed by atoms with Crippen LogP contribution < -0.4 is 10.2 Å². The molecule has 0 radical (unpaired) electrons. The van der Waals surface area contributed by atoms with Crippen molar-refractivity contribution in [2.75, 3.05) is 34.3 Å². The fourth-order valence-electron chi connectivity index (χ4n) is 3.51. The van der Waals surface area contributed by atoms with E-state index in [0.717, 1.165) is 0 Å². The zero-order valence-corrected chi connectivity index (χ0v) is 16.0. The lowest BCUT2D eigenvalue weighted by atomic mass is 10.0. The lowest BCUT2D eigenvalue weighted by Crippen LogP contribution is -2.35. The summed E-state index contributed by atoms with van der Waals surface area (Å²) in [5.74, 6) is 0.348. The summed E-state index contributed by atoms with van der Waals surface area (Å²) in [6, 6.07) is 9.93. The predicted octanol–water partition coefficient (Wildman–Crippen LogP) is 2.30. The van der Waals surface area contributed by atoms with Crippen LogP contribution in [0.25, 0.3) is 11.0 Å². The molecule has 1 aromatic carbocycles. The molecule has 3 heterocycles. The zero-order valence-electron chi connectivity index (χ0n) is 16.0. The first-order chi connectivity index (χ1) is 13.5. The molecule has 2 aromatic heterocycles. The number of hydrogen-bond acceptors (Lipinski definition) is 6. The summed E-state index contributed by atoms with van der Waals surface area (Å²) >= 11 is 0. The largest absolute Gasteiger partial charge is 0.497 e. The average Bonchev–Trinajstić information content (AvgIpc) is 2.99. The van der Waals surface area contributed by atoms with E-state index >= 15 is 0 Å². The maximum Gasteiger partial charge on any atom is 0.291 e. The van der Waals surface area contributed by atoms with Gasteiger partial charge in [-0.3, -0.25) is 14.6 Å². The molecule has 144 valence electrons. The number of methoxy groups -OCH3 is 1. The summed E-state index contributed by atoms with van der Waals surface area (Å²) in [4.78, 5) is 34.5. The topological polar surface area (TPSA) is 75.9 Å². The molecule has 0 N–H and O–H groups in total. The van der Waals surface area contributed by atoms with Crippen LogP contribution in [0.4, 0.5) is 0 Å². The van der Waals surface area contributed by atoms with Gasteiger partial charge in [0.2, 0.25) is 5.76 Å². The van der Waals surface area contributed by atoms with Crippen LogP contribution in [0, 0.1) is 0 Å². The maximum absolute atomic E-state index is 13.3. The van der Waals surface area contributed by atoms with E-state index in [4.69, 9.17) is 9.15 Å². The van der Waals surface area contributed by atoms with Gasteiger partial charge in [-0.25, -0.2) is 0 Å². The van der Waals surface area contributed by atoms with Crippen molar-refractivity contribution in [3.8, 4) is 5.75 Å². The predicted molar refractivity (Wildman–Crippen MR) is 105 cm³/mol. The number of rotatable bonds is 5. The van der Waals surface area contributed by atoms with Gasteiger partial charge < -0.3 is 19.0 Å². The lowest BCUT2D eigenvalue weighted by molar-refractivity contribution is 0.0714. The average molecular weight is 379 g/mol. The molecule has 28 heavy (non-hydrogen) atoms. The summed E-state index contributed by atoms with van der Waals surface area (Å²) in [6.07, 6.45) is 1.66. The Morgan fingerprint density at radius 1 is 1.21 bits per heavy atom. The molecule has 0 aliphatic carbocycles. The van der Waals surface area contributed by atoms with Crippen molar-refractivity contribution in [1.29, 1.82) is 0 Å². The molecule has 0 bridgehead atoms. The number of benzene rings is 1. The molecule has 1 atom stereocenters. The highest BCUT2D eigenvalue weighted by molar-refractivity contribution is 5.99. The lowest BCUT2D eigenvalue weighted by Gasteiger charge is -2.25. The summed E-state index contributed by atoms with van der Waals surface area (Å²) in [5.41, 5.74) is 1.12. The summed E-state index contributed by atoms with van der Waals surface area (Å²) < 4.78 is 11.1. The van der Waals surface area contributed by atoms with Crippen LogP contribution >= 0.6 is 0 Å². The Balaban J connectivity index is 1.93. The van der Waals surface area contributed by atoms with Gasteiger partial charge in [0.05, 0.1) is 23.8 Å². The van der Waals surface area contributed by atoms with Crippen molar-refractivity contribution in [3.05, 3.63) is 69.8 Å². The summed E-state index contributed by atoms with van der Waals surface area (Å²) in [6.45, 7) is 1.11. The van der Waals surface area contributed by atoms with Gasteiger partial charge in [-0.15, -0.1) is 0 Å². The van der Waals surface area contributed by atoms with E-state index in [0.29, 0.717) is 41.1 Å². The number of nitrogens with zero attached hydrogens (tertiary/aromatic N) is 3. The molecule has 3 aromatic rings. The number of aromatic nitrogens is 1. The molecule has 4 rings (SSSR count). The van der Waals surface area contributed by atoms with Gasteiger partial charge in [-0.2, -0.15) is 0 Å². The highest BCUT2D eigenvalue weighted by Crippen LogP contribution is 2.37. The Morgan fingerprint density at radius 3 is 2.71 bits per heavy atom. The van der Waals surface area contributed by atoms with Crippen molar-refractivity contribution in [2.45, 2.75) is 6.04 Å². The molecule has 0 spiro atoms. The van der Waals surface area contributed by atoms with Crippen LogP contribution in [0.5, 0.6) is 5.75 Å². The first kappa shape index (κ1) is 18.2. The first-order valence-electron chi connectivity index (χ1n) is 9.02. The minimum absolute atomic E-state index is 0.0835. The summed E-state index contributed by atoms with van der Waals surface area (Å²) in [5, 5.41) is 0.419. The molecule has 0 unspecified atom stereocenters. The van der Waals surface area contributed by atoms with Gasteiger partial charge in [0.15, 0.2) is 5.43 Å². The second-order valence-electron chi connectivity index (χ2n) is 7.00. The number of hydrogen-bond donors (Lipinski definition) is 0. The second-order valence-corrected chi connectivity index (χ2v) is 7.00. The highest BCUT2D eigenvalue weighted by atomic mass is 16.5. The number of amides is 1. The van der Waals surface area contributed by atoms with Crippen LogP contribution in [-0.2, 0) is 0 Å². The Bertz CT molecular complexity index is 1090. The van der Waals surface area contributed by atoms with Gasteiger partial charge in [0, 0.05) is 25.4 Å². The minimum Gasteiger partial charge on any atom is -0.497 e. The quantitative estimate of drug-likeness (QED) is 0.677. The molecule has 1 amide bonds. The highest BCUT2D eigenvalue weighted by Gasteiger charge is 2.43. The summed E-state index contributed by atoms with van der Waals surface area (Å²) in [7, 11) is 5.42. The fourth-order valence-corrected chi connectivity index (χ4v) is 3.51. The van der Waals surface area contributed by atoms with Crippen molar-refractivity contribution in [1.82, 2.24) is 14.8 Å². The Morgan fingerprint density at radius 2 is 2.04 bits per heavy atom. The zero-order chi connectivity index (χ0) is 19.8. The molecule has 1 aliphatic heterocycles. The van der Waals surface area contributed by atoms with Gasteiger partial charge in [0.1, 0.15) is 17.4 Å². The van der Waals surface area contributed by atoms with Crippen LogP contribution in [0.1, 0.15) is 27.9 Å². The Hall–Kier alpha value is -3.19. The van der Waals surface area contributed by atoms with E-state index in [-0.39, 0.29) is 17.1 Å². The van der Waals surface area contributed by atoms with Crippen molar-refractivity contribution in [3.63, 3.8) is 0 Å². The van der Waals surface area contributed by atoms with Gasteiger partial charge >= 0.3 is 0 Å². The van der Waals surface area contributed by atoms with Gasteiger partial charge in [-0.05, 0) is 38.4 Å². The van der Waals surface area contributed by atoms with E-state index in [9.17, 15) is 9.59 Å². The number of carbonyl (C=O) groups is 1. The third-order valence-corrected chi connectivity index (χ3v) is 4.93. The van der Waals surface area contributed by atoms with E-state index in [1.54, 1.807) is 35.4 Å². The Labute approximate surface area is 162 Å². The van der Waals surface area contributed by atoms with E-state index in [1.165, 1.54) is 7.11 Å². The van der Waals surface area contributed by atoms with E-state index in [1.807, 2.05) is 31.1 Å². The monoisotopic (exact) mass is 379 g/mol. The molecule has 1 aliphatic rings. The SMILES string of the molecule is COc1ccc2c(=O)c3c(oc2c1)C(=O)N(CCN(C)C)[C@H]3c1ccccn1. The van der Waals surface area contributed by atoms with Crippen molar-refractivity contribution >= 4 is 16.9 Å². The fraction of sp³-hybridized carbons (Fsp3) is 0.286. The number of fused-ring (bicyclic) bond motifs is 2. The third kappa shape index (κ3) is 2.93. The smallest absolute Gasteiger partial charge is 0.291 e. The second kappa shape index (κ2) is 7.09. The third-order valence-electron chi connectivity index (χ3n) is 4.93. The van der Waals surface area contributed by atoms with Crippen molar-refractivity contribution in [2.24, 2.45) is 0 Å². The molecular weight excluding hydrogens is 358 g/mol. The molecule has 0 saturated heterocycles. The van der Waals surface area contributed by atoms with Crippen LogP contribution in [0.3, 0.4) is 0 Å². The minimum atomic E-state index is -0.564. The van der Waals surface area contributed by atoms with Crippen LogP contribution in [-0.4, -0.2) is 55.0 Å². The van der Waals surface area contributed by atoms with Crippen LogP contribution in [0.15, 0.2) is 51.8 Å². The number of ether oxygens (including phenoxy) is 1. The normalized spacial score (nSPS) is 16.1.